The van der Waals surface area contributed by atoms with E-state index in [-0.39, 0.29) is 17.9 Å². The molecule has 0 saturated carbocycles. The van der Waals surface area contributed by atoms with E-state index in [1.54, 1.807) is 6.07 Å². The lowest BCUT2D eigenvalue weighted by Gasteiger charge is -2.11. The quantitative estimate of drug-likeness (QED) is 0.768. The van der Waals surface area contributed by atoms with Gasteiger partial charge in [0.2, 0.25) is 5.91 Å². The van der Waals surface area contributed by atoms with Crippen molar-refractivity contribution in [3.05, 3.63) is 81.4 Å². The molecule has 3 aromatic rings. The van der Waals surface area contributed by atoms with E-state index < -0.39 is 5.91 Å². The Labute approximate surface area is 156 Å². The maximum Gasteiger partial charge on any atom is 0.267 e. The Morgan fingerprint density at radius 2 is 1.67 bits per heavy atom. The molecule has 3 rings (SSSR count). The molecule has 138 valence electrons. The van der Waals surface area contributed by atoms with Crippen molar-refractivity contribution >= 4 is 11.6 Å². The molecule has 0 unspecified atom stereocenters. The molecule has 1 N–H and O–H groups in total. The zero-order chi connectivity index (χ0) is 19.6. The SMILES string of the molecule is Cc1cc(C)c(-c2ccc(=O)n(CC(=O)Nc3ccc(F)cc3)n2)cc1C. The number of anilines is 1. The van der Waals surface area contributed by atoms with Gasteiger partial charge in [-0.15, -0.1) is 0 Å². The van der Waals surface area contributed by atoms with E-state index >= 15 is 0 Å². The van der Waals surface area contributed by atoms with Crippen LogP contribution in [0.25, 0.3) is 11.3 Å². The Morgan fingerprint density at radius 1 is 1.00 bits per heavy atom. The van der Waals surface area contributed by atoms with E-state index in [1.165, 1.54) is 35.9 Å². The number of halogens is 1. The lowest BCUT2D eigenvalue weighted by Crippen LogP contribution is -2.29. The highest BCUT2D eigenvalue weighted by Crippen LogP contribution is 2.24. The van der Waals surface area contributed by atoms with Crippen LogP contribution in [0.4, 0.5) is 10.1 Å². The summed E-state index contributed by atoms with van der Waals surface area (Å²) in [4.78, 5) is 24.3. The predicted molar refractivity (Wildman–Crippen MR) is 103 cm³/mol. The standard InChI is InChI=1S/C21H20FN3O2/c1-13-10-15(3)18(11-14(13)2)19-8-9-21(27)25(24-19)12-20(26)23-17-6-4-16(22)5-7-17/h4-11H,12H2,1-3H3,(H,23,26). The molecule has 0 atom stereocenters. The summed E-state index contributed by atoms with van der Waals surface area (Å²) < 4.78 is 14.1. The fourth-order valence-electron chi connectivity index (χ4n) is 2.81. The largest absolute Gasteiger partial charge is 0.324 e. The third-order valence-corrected chi connectivity index (χ3v) is 4.40. The third-order valence-electron chi connectivity index (χ3n) is 4.40. The first-order chi connectivity index (χ1) is 12.8. The monoisotopic (exact) mass is 365 g/mol. The van der Waals surface area contributed by atoms with Crippen LogP contribution >= 0.6 is 0 Å². The molecule has 0 aliphatic carbocycles. The molecular weight excluding hydrogens is 345 g/mol. The molecule has 27 heavy (non-hydrogen) atoms. The van der Waals surface area contributed by atoms with Crippen molar-refractivity contribution in [3.8, 4) is 11.3 Å². The van der Waals surface area contributed by atoms with E-state index in [0.29, 0.717) is 11.4 Å². The van der Waals surface area contributed by atoms with E-state index in [4.69, 9.17) is 0 Å². The van der Waals surface area contributed by atoms with Crippen molar-refractivity contribution in [2.45, 2.75) is 27.3 Å². The number of aryl methyl sites for hydroxylation is 3. The fraction of sp³-hybridized carbons (Fsp3) is 0.190. The second-order valence-electron chi connectivity index (χ2n) is 6.52. The number of benzene rings is 2. The summed E-state index contributed by atoms with van der Waals surface area (Å²) in [5, 5.41) is 6.98. The minimum Gasteiger partial charge on any atom is -0.324 e. The highest BCUT2D eigenvalue weighted by atomic mass is 19.1. The number of hydrogen-bond acceptors (Lipinski definition) is 3. The summed E-state index contributed by atoms with van der Waals surface area (Å²) in [7, 11) is 0. The molecule has 6 heteroatoms. The van der Waals surface area contributed by atoms with Gasteiger partial charge in [0, 0.05) is 17.3 Å². The molecule has 2 aromatic carbocycles. The van der Waals surface area contributed by atoms with Crippen LogP contribution in [0, 0.1) is 26.6 Å². The van der Waals surface area contributed by atoms with Crippen LogP contribution in [0.2, 0.25) is 0 Å². The van der Waals surface area contributed by atoms with Gasteiger partial charge in [-0.3, -0.25) is 9.59 Å². The molecule has 0 fully saturated rings. The summed E-state index contributed by atoms with van der Waals surface area (Å²) in [6.45, 7) is 5.82. The van der Waals surface area contributed by atoms with Crippen LogP contribution < -0.4 is 10.9 Å². The topological polar surface area (TPSA) is 64.0 Å². The summed E-state index contributed by atoms with van der Waals surface area (Å²) >= 11 is 0. The maximum absolute atomic E-state index is 12.9. The molecular formula is C21H20FN3O2. The van der Waals surface area contributed by atoms with Crippen molar-refractivity contribution in [2.75, 3.05) is 5.32 Å². The van der Waals surface area contributed by atoms with Gasteiger partial charge < -0.3 is 5.32 Å². The number of carbonyl (C=O) groups is 1. The van der Waals surface area contributed by atoms with E-state index in [1.807, 2.05) is 26.8 Å². The molecule has 0 aliphatic rings. The first kappa shape index (κ1) is 18.5. The minimum atomic E-state index is -0.412. The lowest BCUT2D eigenvalue weighted by atomic mass is 9.99. The van der Waals surface area contributed by atoms with Gasteiger partial charge >= 0.3 is 0 Å². The molecule has 5 nitrogen and oxygen atoms in total. The normalized spacial score (nSPS) is 10.7. The number of rotatable bonds is 4. The number of hydrogen-bond donors (Lipinski definition) is 1. The minimum absolute atomic E-state index is 0.228. The Balaban J connectivity index is 1.85. The highest BCUT2D eigenvalue weighted by Gasteiger charge is 2.11. The molecule has 0 aliphatic heterocycles. The van der Waals surface area contributed by atoms with Crippen LogP contribution in [-0.2, 0) is 11.3 Å². The first-order valence-corrected chi connectivity index (χ1v) is 8.55. The summed E-state index contributed by atoms with van der Waals surface area (Å²) in [5.74, 6) is -0.799. The fourth-order valence-corrected chi connectivity index (χ4v) is 2.81. The number of nitrogens with zero attached hydrogens (tertiary/aromatic N) is 2. The van der Waals surface area contributed by atoms with Gasteiger partial charge in [0.05, 0.1) is 5.69 Å². The zero-order valence-corrected chi connectivity index (χ0v) is 15.4. The Morgan fingerprint density at radius 3 is 2.37 bits per heavy atom. The molecule has 0 spiro atoms. The molecule has 1 amide bonds. The van der Waals surface area contributed by atoms with Gasteiger partial charge in [-0.05, 0) is 73.9 Å². The van der Waals surface area contributed by atoms with Crippen LogP contribution in [0.1, 0.15) is 16.7 Å². The van der Waals surface area contributed by atoms with Crippen molar-refractivity contribution in [1.29, 1.82) is 0 Å². The maximum atomic E-state index is 12.9. The van der Waals surface area contributed by atoms with Crippen molar-refractivity contribution in [3.63, 3.8) is 0 Å². The summed E-state index contributed by atoms with van der Waals surface area (Å²) in [6, 6.07) is 12.6. The van der Waals surface area contributed by atoms with Crippen molar-refractivity contribution in [1.82, 2.24) is 9.78 Å². The van der Waals surface area contributed by atoms with Crippen molar-refractivity contribution < 1.29 is 9.18 Å². The molecule has 1 heterocycles. The number of aromatic nitrogens is 2. The van der Waals surface area contributed by atoms with E-state index in [9.17, 15) is 14.0 Å². The predicted octanol–water partition coefficient (Wildman–Crippen LogP) is 3.61. The van der Waals surface area contributed by atoms with Gasteiger partial charge in [-0.2, -0.15) is 5.10 Å². The van der Waals surface area contributed by atoms with Gasteiger partial charge in [-0.25, -0.2) is 9.07 Å². The summed E-state index contributed by atoms with van der Waals surface area (Å²) in [5.41, 5.74) is 5.00. The lowest BCUT2D eigenvalue weighted by molar-refractivity contribution is -0.117. The van der Waals surface area contributed by atoms with Crippen LogP contribution in [-0.4, -0.2) is 15.7 Å². The first-order valence-electron chi connectivity index (χ1n) is 8.55. The average Bonchev–Trinajstić information content (AvgIpc) is 2.62. The van der Waals surface area contributed by atoms with E-state index in [2.05, 4.69) is 16.5 Å². The second-order valence-corrected chi connectivity index (χ2v) is 6.52. The number of amides is 1. The Hall–Kier alpha value is -3.28. The molecule has 0 bridgehead atoms. The van der Waals surface area contributed by atoms with Crippen LogP contribution in [0.15, 0.2) is 53.3 Å². The molecule has 0 radical (unpaired) electrons. The highest BCUT2D eigenvalue weighted by molar-refractivity contribution is 5.90. The van der Waals surface area contributed by atoms with Crippen LogP contribution in [0.5, 0.6) is 0 Å². The second kappa shape index (κ2) is 7.53. The summed E-state index contributed by atoms with van der Waals surface area (Å²) in [6.07, 6.45) is 0. The third kappa shape index (κ3) is 4.28. The zero-order valence-electron chi connectivity index (χ0n) is 15.4. The average molecular weight is 365 g/mol. The van der Waals surface area contributed by atoms with Gasteiger partial charge in [0.15, 0.2) is 0 Å². The Kier molecular flexibility index (Phi) is 5.16. The number of carbonyl (C=O) groups excluding carboxylic acids is 1. The molecule has 0 saturated heterocycles. The number of nitrogens with one attached hydrogen (secondary N) is 1. The van der Waals surface area contributed by atoms with Gasteiger partial charge in [0.1, 0.15) is 12.4 Å². The van der Waals surface area contributed by atoms with Crippen molar-refractivity contribution in [2.24, 2.45) is 0 Å². The van der Waals surface area contributed by atoms with E-state index in [0.717, 1.165) is 21.4 Å². The Bertz CT molecular complexity index is 1060. The smallest absolute Gasteiger partial charge is 0.267 e. The van der Waals surface area contributed by atoms with Gasteiger partial charge in [-0.1, -0.05) is 6.07 Å². The molecule has 1 aromatic heterocycles. The van der Waals surface area contributed by atoms with Crippen LogP contribution in [0.3, 0.4) is 0 Å². The van der Waals surface area contributed by atoms with Gasteiger partial charge in [0.25, 0.3) is 5.56 Å².